The molecule has 1 unspecified atom stereocenters. The second-order valence-corrected chi connectivity index (χ2v) is 7.47. The standard InChI is InChI=1S/C23H29N7.HI/c1-24-23(27-16-19-9-10-26-22(15-19)30-14-11-25-18-30)28-17-21(29-12-5-6-13-29)20-7-3-2-4-8-20;/h2-4,7-11,14-15,18,21H,5-6,12-13,16-17H2,1H3,(H2,24,27,28);1H. The number of aliphatic imine (C=N–C) groups is 1. The lowest BCUT2D eigenvalue weighted by Gasteiger charge is -2.29. The van der Waals surface area contributed by atoms with Gasteiger partial charge in [-0.3, -0.25) is 14.5 Å². The van der Waals surface area contributed by atoms with Crippen LogP contribution in [-0.2, 0) is 6.54 Å². The summed E-state index contributed by atoms with van der Waals surface area (Å²) in [6.07, 6.45) is 9.77. The van der Waals surface area contributed by atoms with E-state index in [9.17, 15) is 0 Å². The summed E-state index contributed by atoms with van der Waals surface area (Å²) in [6.45, 7) is 3.80. The minimum atomic E-state index is 0. The maximum absolute atomic E-state index is 4.41. The molecule has 2 N–H and O–H groups in total. The van der Waals surface area contributed by atoms with Gasteiger partial charge in [0.25, 0.3) is 0 Å². The first-order valence-electron chi connectivity index (χ1n) is 10.5. The Bertz CT molecular complexity index is 938. The van der Waals surface area contributed by atoms with Gasteiger partial charge < -0.3 is 10.6 Å². The fraction of sp³-hybridized carbons (Fsp3) is 0.348. The van der Waals surface area contributed by atoms with E-state index >= 15 is 0 Å². The van der Waals surface area contributed by atoms with Crippen LogP contribution in [0, 0.1) is 0 Å². The Morgan fingerprint density at radius 3 is 2.61 bits per heavy atom. The predicted molar refractivity (Wildman–Crippen MR) is 135 cm³/mol. The van der Waals surface area contributed by atoms with E-state index in [1.807, 2.05) is 30.1 Å². The summed E-state index contributed by atoms with van der Waals surface area (Å²) < 4.78 is 1.90. The largest absolute Gasteiger partial charge is 0.354 e. The minimum absolute atomic E-state index is 0. The van der Waals surface area contributed by atoms with E-state index in [0.717, 1.165) is 37.0 Å². The van der Waals surface area contributed by atoms with Crippen LogP contribution < -0.4 is 10.6 Å². The van der Waals surface area contributed by atoms with Crippen molar-refractivity contribution in [1.29, 1.82) is 0 Å². The highest BCUT2D eigenvalue weighted by molar-refractivity contribution is 14.0. The molecule has 0 aliphatic carbocycles. The third-order valence-electron chi connectivity index (χ3n) is 5.49. The fourth-order valence-electron chi connectivity index (χ4n) is 3.89. The molecule has 3 aromatic rings. The van der Waals surface area contributed by atoms with Crippen LogP contribution >= 0.6 is 24.0 Å². The number of hydrogen-bond acceptors (Lipinski definition) is 4. The topological polar surface area (TPSA) is 70.4 Å². The normalized spacial score (nSPS) is 15.3. The Labute approximate surface area is 201 Å². The van der Waals surface area contributed by atoms with Crippen molar-refractivity contribution in [2.75, 3.05) is 26.7 Å². The number of hydrogen-bond donors (Lipinski definition) is 2. The van der Waals surface area contributed by atoms with E-state index in [1.54, 1.807) is 12.5 Å². The molecule has 0 radical (unpaired) electrons. The molecule has 1 atom stereocenters. The summed E-state index contributed by atoms with van der Waals surface area (Å²) >= 11 is 0. The van der Waals surface area contributed by atoms with Gasteiger partial charge in [-0.1, -0.05) is 30.3 Å². The Balaban J connectivity index is 0.00000272. The van der Waals surface area contributed by atoms with Crippen molar-refractivity contribution in [3.8, 4) is 5.82 Å². The first kappa shape index (κ1) is 23.2. The van der Waals surface area contributed by atoms with Crippen molar-refractivity contribution >= 4 is 29.9 Å². The molecular weight excluding hydrogens is 501 g/mol. The summed E-state index contributed by atoms with van der Waals surface area (Å²) in [5.41, 5.74) is 2.48. The quantitative estimate of drug-likeness (QED) is 0.278. The zero-order valence-corrected chi connectivity index (χ0v) is 20.1. The first-order valence-corrected chi connectivity index (χ1v) is 10.5. The number of nitrogens with zero attached hydrogens (tertiary/aromatic N) is 5. The monoisotopic (exact) mass is 531 g/mol. The number of likely N-dealkylation sites (tertiary alicyclic amines) is 1. The molecule has 1 fully saturated rings. The van der Waals surface area contributed by atoms with Crippen LogP contribution in [0.25, 0.3) is 5.82 Å². The summed E-state index contributed by atoms with van der Waals surface area (Å²) in [5, 5.41) is 6.95. The average Bonchev–Trinajstić information content (AvgIpc) is 3.52. The maximum atomic E-state index is 4.41. The number of aromatic nitrogens is 3. The molecule has 0 saturated carbocycles. The maximum Gasteiger partial charge on any atom is 0.191 e. The molecule has 1 saturated heterocycles. The van der Waals surface area contributed by atoms with E-state index in [1.165, 1.54) is 18.4 Å². The summed E-state index contributed by atoms with van der Waals surface area (Å²) in [7, 11) is 1.81. The Kier molecular flexibility index (Phi) is 8.84. The van der Waals surface area contributed by atoms with Crippen LogP contribution in [0.1, 0.15) is 30.0 Å². The minimum Gasteiger partial charge on any atom is -0.354 e. The van der Waals surface area contributed by atoms with Crippen LogP contribution in [0.15, 0.2) is 72.4 Å². The van der Waals surface area contributed by atoms with Crippen LogP contribution in [-0.4, -0.2) is 52.1 Å². The number of guanidine groups is 1. The highest BCUT2D eigenvalue weighted by Gasteiger charge is 2.23. The fourth-order valence-corrected chi connectivity index (χ4v) is 3.89. The summed E-state index contributed by atoms with van der Waals surface area (Å²) in [4.78, 5) is 15.5. The van der Waals surface area contributed by atoms with E-state index < -0.39 is 0 Å². The Hall–Kier alpha value is -2.46. The second kappa shape index (κ2) is 11.8. The zero-order chi connectivity index (χ0) is 20.6. The lowest BCUT2D eigenvalue weighted by atomic mass is 10.1. The zero-order valence-electron chi connectivity index (χ0n) is 17.8. The van der Waals surface area contributed by atoms with Crippen molar-refractivity contribution < 1.29 is 0 Å². The highest BCUT2D eigenvalue weighted by atomic mass is 127. The molecule has 4 rings (SSSR count). The van der Waals surface area contributed by atoms with Gasteiger partial charge in [-0.15, -0.1) is 24.0 Å². The number of pyridine rings is 1. The molecule has 31 heavy (non-hydrogen) atoms. The molecule has 1 aliphatic rings. The van der Waals surface area contributed by atoms with E-state index in [0.29, 0.717) is 12.6 Å². The van der Waals surface area contributed by atoms with E-state index in [-0.39, 0.29) is 24.0 Å². The van der Waals surface area contributed by atoms with Gasteiger partial charge in [0.15, 0.2) is 5.96 Å². The third-order valence-corrected chi connectivity index (χ3v) is 5.49. The molecular formula is C23H30IN7. The van der Waals surface area contributed by atoms with E-state index in [2.05, 4.69) is 66.9 Å². The Morgan fingerprint density at radius 2 is 1.90 bits per heavy atom. The second-order valence-electron chi connectivity index (χ2n) is 7.47. The van der Waals surface area contributed by atoms with Crippen molar-refractivity contribution in [2.24, 2.45) is 4.99 Å². The van der Waals surface area contributed by atoms with Crippen LogP contribution in [0.4, 0.5) is 0 Å². The molecule has 2 aromatic heterocycles. The molecule has 7 nitrogen and oxygen atoms in total. The SMILES string of the molecule is CN=C(NCc1ccnc(-n2ccnc2)c1)NCC(c1ccccc1)N1CCCC1.I. The van der Waals surface area contributed by atoms with Gasteiger partial charge in [0.2, 0.25) is 0 Å². The predicted octanol–water partition coefficient (Wildman–Crippen LogP) is 3.39. The highest BCUT2D eigenvalue weighted by Crippen LogP contribution is 2.24. The lowest BCUT2D eigenvalue weighted by molar-refractivity contribution is 0.245. The number of halogens is 1. The number of rotatable bonds is 7. The van der Waals surface area contributed by atoms with Gasteiger partial charge in [-0.25, -0.2) is 9.97 Å². The molecule has 0 bridgehead atoms. The van der Waals surface area contributed by atoms with Crippen molar-refractivity contribution in [3.05, 3.63) is 78.5 Å². The van der Waals surface area contributed by atoms with Crippen molar-refractivity contribution in [2.45, 2.75) is 25.4 Å². The first-order chi connectivity index (χ1) is 14.8. The van der Waals surface area contributed by atoms with Crippen molar-refractivity contribution in [3.63, 3.8) is 0 Å². The molecule has 0 amide bonds. The van der Waals surface area contributed by atoms with Gasteiger partial charge in [-0.05, 0) is 49.2 Å². The van der Waals surface area contributed by atoms with Crippen LogP contribution in [0.5, 0.6) is 0 Å². The van der Waals surface area contributed by atoms with Crippen LogP contribution in [0.2, 0.25) is 0 Å². The molecule has 0 spiro atoms. The molecule has 164 valence electrons. The lowest BCUT2D eigenvalue weighted by Crippen LogP contribution is -2.42. The van der Waals surface area contributed by atoms with Gasteiger partial charge in [0.1, 0.15) is 12.1 Å². The third kappa shape index (κ3) is 6.27. The Morgan fingerprint density at radius 1 is 1.10 bits per heavy atom. The van der Waals surface area contributed by atoms with E-state index in [4.69, 9.17) is 0 Å². The van der Waals surface area contributed by atoms with Gasteiger partial charge in [0.05, 0.1) is 6.04 Å². The van der Waals surface area contributed by atoms with Gasteiger partial charge >= 0.3 is 0 Å². The van der Waals surface area contributed by atoms with Crippen LogP contribution in [0.3, 0.4) is 0 Å². The number of imidazole rings is 1. The molecule has 1 aromatic carbocycles. The number of benzene rings is 1. The van der Waals surface area contributed by atoms with Crippen molar-refractivity contribution in [1.82, 2.24) is 30.1 Å². The van der Waals surface area contributed by atoms with Gasteiger partial charge in [-0.2, -0.15) is 0 Å². The average molecular weight is 531 g/mol. The summed E-state index contributed by atoms with van der Waals surface area (Å²) in [5.74, 6) is 1.66. The molecule has 1 aliphatic heterocycles. The number of nitrogens with one attached hydrogen (secondary N) is 2. The van der Waals surface area contributed by atoms with Gasteiger partial charge in [0, 0.05) is 38.7 Å². The molecule has 3 heterocycles. The summed E-state index contributed by atoms with van der Waals surface area (Å²) in [6, 6.07) is 15.2. The molecule has 8 heteroatoms. The smallest absolute Gasteiger partial charge is 0.191 e.